The quantitative estimate of drug-likeness (QED) is 0.729. The maximum absolute atomic E-state index is 9.64. The zero-order valence-corrected chi connectivity index (χ0v) is 10.9. The fraction of sp³-hybridized carbons (Fsp3) is 0.583. The molecular weight excluding hydrogens is 244 g/mol. The Morgan fingerprint density at radius 1 is 1.42 bits per heavy atom. The summed E-state index contributed by atoms with van der Waals surface area (Å²) in [5, 5.41) is 9.64. The molecule has 1 aliphatic rings. The highest BCUT2D eigenvalue weighted by molar-refractivity contribution is 5.84. The number of nitrogens with one attached hydrogen (secondary N) is 1. The second-order valence-electron chi connectivity index (χ2n) is 5.07. The number of aliphatic hydroxyl groups excluding tert-OH is 1. The highest BCUT2D eigenvalue weighted by Crippen LogP contribution is 2.27. The molecule has 1 unspecified atom stereocenters. The average Bonchev–Trinajstić information content (AvgIpc) is 2.85. The van der Waals surface area contributed by atoms with E-state index < -0.39 is 0 Å². The van der Waals surface area contributed by atoms with Crippen molar-refractivity contribution in [2.45, 2.75) is 25.9 Å². The standard InChI is InChI=1S/C12H18N6O/c1-7(19)8-2-4-18(5-3-8)11-9-10(15-6-14-9)16-12(13)17-11/h6-8,19H,2-5H2,1H3,(H3,13,14,15,16,17). The molecule has 0 radical (unpaired) electrons. The predicted molar refractivity (Wildman–Crippen MR) is 72.7 cm³/mol. The molecule has 0 saturated carbocycles. The summed E-state index contributed by atoms with van der Waals surface area (Å²) in [6, 6.07) is 0. The van der Waals surface area contributed by atoms with Crippen LogP contribution in [-0.4, -0.2) is 44.2 Å². The molecule has 0 aliphatic carbocycles. The molecule has 1 aliphatic heterocycles. The minimum Gasteiger partial charge on any atom is -0.393 e. The van der Waals surface area contributed by atoms with Crippen LogP contribution in [0.15, 0.2) is 6.33 Å². The summed E-state index contributed by atoms with van der Waals surface area (Å²) in [4.78, 5) is 17.8. The third-order valence-corrected chi connectivity index (χ3v) is 3.81. The van der Waals surface area contributed by atoms with Crippen molar-refractivity contribution in [3.8, 4) is 0 Å². The van der Waals surface area contributed by atoms with Crippen LogP contribution in [0.1, 0.15) is 19.8 Å². The lowest BCUT2D eigenvalue weighted by atomic mass is 9.92. The Balaban J connectivity index is 1.87. The first-order valence-corrected chi connectivity index (χ1v) is 6.55. The minimum atomic E-state index is -0.246. The van der Waals surface area contributed by atoms with Crippen molar-refractivity contribution in [3.05, 3.63) is 6.33 Å². The largest absolute Gasteiger partial charge is 0.393 e. The van der Waals surface area contributed by atoms with Gasteiger partial charge in [0.05, 0.1) is 12.4 Å². The topological polar surface area (TPSA) is 104 Å². The predicted octanol–water partition coefficient (Wildman–Crippen LogP) is 0.532. The average molecular weight is 262 g/mol. The van der Waals surface area contributed by atoms with Gasteiger partial charge in [-0.15, -0.1) is 0 Å². The number of aliphatic hydroxyl groups is 1. The van der Waals surface area contributed by atoms with Gasteiger partial charge in [0, 0.05) is 13.1 Å². The number of nitrogen functional groups attached to an aromatic ring is 1. The molecule has 2 aromatic heterocycles. The second kappa shape index (κ2) is 4.65. The van der Waals surface area contributed by atoms with Gasteiger partial charge in [-0.1, -0.05) is 0 Å². The summed E-state index contributed by atoms with van der Waals surface area (Å²) in [5.74, 6) is 1.42. The Labute approximate surface area is 110 Å². The number of piperidine rings is 1. The van der Waals surface area contributed by atoms with E-state index >= 15 is 0 Å². The molecule has 1 fully saturated rings. The fourth-order valence-corrected chi connectivity index (χ4v) is 2.66. The Kier molecular flexibility index (Phi) is 2.98. The normalized spacial score (nSPS) is 18.9. The number of hydrogen-bond donors (Lipinski definition) is 3. The third-order valence-electron chi connectivity index (χ3n) is 3.81. The number of fused-ring (bicyclic) bond motifs is 1. The van der Waals surface area contributed by atoms with Gasteiger partial charge in [0.15, 0.2) is 11.5 Å². The molecule has 3 heterocycles. The highest BCUT2D eigenvalue weighted by atomic mass is 16.3. The number of anilines is 2. The van der Waals surface area contributed by atoms with Crippen LogP contribution in [0.5, 0.6) is 0 Å². The molecule has 1 saturated heterocycles. The molecular formula is C12H18N6O. The van der Waals surface area contributed by atoms with Crippen molar-refractivity contribution >= 4 is 22.9 Å². The summed E-state index contributed by atoms with van der Waals surface area (Å²) >= 11 is 0. The van der Waals surface area contributed by atoms with Gasteiger partial charge < -0.3 is 20.7 Å². The first kappa shape index (κ1) is 12.2. The Hall–Kier alpha value is -1.89. The number of nitrogens with two attached hydrogens (primary N) is 1. The van der Waals surface area contributed by atoms with Crippen molar-refractivity contribution < 1.29 is 5.11 Å². The van der Waals surface area contributed by atoms with Crippen molar-refractivity contribution in [3.63, 3.8) is 0 Å². The van der Waals surface area contributed by atoms with Crippen LogP contribution < -0.4 is 10.6 Å². The first-order valence-electron chi connectivity index (χ1n) is 6.55. The third kappa shape index (κ3) is 2.21. The smallest absolute Gasteiger partial charge is 0.224 e. The van der Waals surface area contributed by atoms with E-state index in [1.807, 2.05) is 6.92 Å². The van der Waals surface area contributed by atoms with E-state index in [2.05, 4.69) is 24.8 Å². The van der Waals surface area contributed by atoms with Crippen LogP contribution in [-0.2, 0) is 0 Å². The maximum atomic E-state index is 9.64. The van der Waals surface area contributed by atoms with E-state index in [1.54, 1.807) is 6.33 Å². The van der Waals surface area contributed by atoms with Gasteiger partial charge in [0.1, 0.15) is 5.52 Å². The fourth-order valence-electron chi connectivity index (χ4n) is 2.66. The van der Waals surface area contributed by atoms with E-state index in [9.17, 15) is 5.11 Å². The summed E-state index contributed by atoms with van der Waals surface area (Å²) in [7, 11) is 0. The monoisotopic (exact) mass is 262 g/mol. The highest BCUT2D eigenvalue weighted by Gasteiger charge is 2.25. The number of hydrogen-bond acceptors (Lipinski definition) is 6. The lowest BCUT2D eigenvalue weighted by molar-refractivity contribution is 0.110. The van der Waals surface area contributed by atoms with Gasteiger partial charge >= 0.3 is 0 Å². The zero-order valence-electron chi connectivity index (χ0n) is 10.9. The minimum absolute atomic E-state index is 0.243. The van der Waals surface area contributed by atoms with Gasteiger partial charge in [0.2, 0.25) is 5.95 Å². The van der Waals surface area contributed by atoms with Gasteiger partial charge in [0.25, 0.3) is 0 Å². The van der Waals surface area contributed by atoms with Crippen LogP contribution in [0.25, 0.3) is 11.2 Å². The summed E-state index contributed by atoms with van der Waals surface area (Å²) in [5.41, 5.74) is 7.14. The number of imidazole rings is 1. The molecule has 7 nitrogen and oxygen atoms in total. The molecule has 1 atom stereocenters. The van der Waals surface area contributed by atoms with Crippen molar-refractivity contribution in [1.82, 2.24) is 19.9 Å². The second-order valence-corrected chi connectivity index (χ2v) is 5.07. The molecule has 0 spiro atoms. The number of nitrogens with zero attached hydrogens (tertiary/aromatic N) is 4. The van der Waals surface area contributed by atoms with E-state index in [-0.39, 0.29) is 12.1 Å². The van der Waals surface area contributed by atoms with Gasteiger partial charge in [-0.2, -0.15) is 9.97 Å². The van der Waals surface area contributed by atoms with Crippen LogP contribution in [0.3, 0.4) is 0 Å². The molecule has 4 N–H and O–H groups in total. The van der Waals surface area contributed by atoms with Crippen LogP contribution >= 0.6 is 0 Å². The van der Waals surface area contributed by atoms with Crippen LogP contribution in [0, 0.1) is 5.92 Å². The lowest BCUT2D eigenvalue weighted by Gasteiger charge is -2.34. The number of aromatic amines is 1. The Morgan fingerprint density at radius 2 is 2.16 bits per heavy atom. The molecule has 7 heteroatoms. The van der Waals surface area contributed by atoms with Crippen LogP contribution in [0.4, 0.5) is 11.8 Å². The number of H-pyrrole nitrogens is 1. The van der Waals surface area contributed by atoms with Crippen molar-refractivity contribution in [1.29, 1.82) is 0 Å². The van der Waals surface area contributed by atoms with E-state index in [0.29, 0.717) is 11.6 Å². The van der Waals surface area contributed by atoms with Gasteiger partial charge in [-0.3, -0.25) is 0 Å². The molecule has 19 heavy (non-hydrogen) atoms. The molecule has 3 rings (SSSR count). The van der Waals surface area contributed by atoms with Crippen molar-refractivity contribution in [2.24, 2.45) is 5.92 Å². The zero-order chi connectivity index (χ0) is 13.4. The van der Waals surface area contributed by atoms with Gasteiger partial charge in [-0.05, 0) is 25.7 Å². The Morgan fingerprint density at radius 3 is 2.84 bits per heavy atom. The van der Waals surface area contributed by atoms with Crippen LogP contribution in [0.2, 0.25) is 0 Å². The summed E-state index contributed by atoms with van der Waals surface area (Å²) in [6.07, 6.45) is 3.27. The number of rotatable bonds is 2. The van der Waals surface area contributed by atoms with Gasteiger partial charge in [-0.25, -0.2) is 4.98 Å². The molecule has 0 amide bonds. The first-order chi connectivity index (χ1) is 9.15. The van der Waals surface area contributed by atoms with Crippen molar-refractivity contribution in [2.75, 3.05) is 23.7 Å². The van der Waals surface area contributed by atoms with E-state index in [1.165, 1.54) is 0 Å². The van der Waals surface area contributed by atoms with E-state index in [0.717, 1.165) is 37.3 Å². The SMILES string of the molecule is CC(O)C1CCN(c2nc(N)nc3nc[nH]c23)CC1. The molecule has 102 valence electrons. The summed E-state index contributed by atoms with van der Waals surface area (Å²) < 4.78 is 0. The lowest BCUT2D eigenvalue weighted by Crippen LogP contribution is -2.37. The molecule has 0 bridgehead atoms. The molecule has 0 aromatic carbocycles. The van der Waals surface area contributed by atoms with E-state index in [4.69, 9.17) is 5.73 Å². The summed E-state index contributed by atoms with van der Waals surface area (Å²) in [6.45, 7) is 3.58. The maximum Gasteiger partial charge on any atom is 0.224 e. The number of aromatic nitrogens is 4. The molecule has 2 aromatic rings. The Bertz CT molecular complexity index is 573.